The van der Waals surface area contributed by atoms with Crippen LogP contribution in [0.3, 0.4) is 0 Å². The van der Waals surface area contributed by atoms with Crippen molar-refractivity contribution < 1.29 is 0 Å². The van der Waals surface area contributed by atoms with Crippen molar-refractivity contribution in [1.29, 1.82) is 0 Å². The van der Waals surface area contributed by atoms with Gasteiger partial charge < -0.3 is 5.32 Å². The van der Waals surface area contributed by atoms with E-state index in [0.29, 0.717) is 6.04 Å². The summed E-state index contributed by atoms with van der Waals surface area (Å²) in [4.78, 5) is 11.9. The minimum absolute atomic E-state index is 0.207. The smallest absolute Gasteiger partial charge is 0.271 e. The second-order valence-corrected chi connectivity index (χ2v) is 4.87. The molecule has 2 aliphatic rings. The van der Waals surface area contributed by atoms with E-state index in [2.05, 4.69) is 10.4 Å². The molecule has 2 aliphatic heterocycles. The van der Waals surface area contributed by atoms with Crippen LogP contribution in [0.25, 0.3) is 0 Å². The van der Waals surface area contributed by atoms with Gasteiger partial charge in [0.1, 0.15) is 0 Å². The number of hydrogen-bond donors (Lipinski definition) is 2. The first-order chi connectivity index (χ1) is 6.86. The number of hydrogen-bond acceptors (Lipinski definition) is 3. The third kappa shape index (κ3) is 1.15. The van der Waals surface area contributed by atoms with Gasteiger partial charge in [-0.05, 0) is 13.0 Å². The molecule has 1 aromatic heterocycles. The summed E-state index contributed by atoms with van der Waals surface area (Å²) >= 11 is 1.81. The van der Waals surface area contributed by atoms with Crippen LogP contribution in [-0.4, -0.2) is 22.9 Å². The van der Waals surface area contributed by atoms with Crippen molar-refractivity contribution in [2.24, 2.45) is 0 Å². The van der Waals surface area contributed by atoms with Gasteiger partial charge in [0, 0.05) is 18.1 Å². The Morgan fingerprint density at radius 3 is 3.07 bits per heavy atom. The molecule has 1 unspecified atom stereocenters. The van der Waals surface area contributed by atoms with Gasteiger partial charge in [0.25, 0.3) is 5.56 Å². The van der Waals surface area contributed by atoms with Crippen LogP contribution >= 0.6 is 11.8 Å². The lowest BCUT2D eigenvalue weighted by Crippen LogP contribution is -2.25. The van der Waals surface area contributed by atoms with Crippen molar-refractivity contribution in [3.63, 3.8) is 0 Å². The summed E-state index contributed by atoms with van der Waals surface area (Å²) in [6, 6.07) is 0.345. The first-order valence-corrected chi connectivity index (χ1v) is 6.12. The Balaban J connectivity index is 2.02. The van der Waals surface area contributed by atoms with Gasteiger partial charge in [0.05, 0.1) is 17.3 Å². The van der Waals surface area contributed by atoms with E-state index in [1.165, 1.54) is 0 Å². The highest BCUT2D eigenvalue weighted by Gasteiger charge is 2.24. The second kappa shape index (κ2) is 3.17. The average molecular weight is 211 g/mol. The van der Waals surface area contributed by atoms with Crippen molar-refractivity contribution in [2.75, 3.05) is 13.1 Å². The molecule has 1 fully saturated rings. The van der Waals surface area contributed by atoms with Crippen molar-refractivity contribution in [2.45, 2.75) is 24.0 Å². The van der Waals surface area contributed by atoms with Crippen molar-refractivity contribution >= 4 is 11.8 Å². The second-order valence-electron chi connectivity index (χ2n) is 3.88. The summed E-state index contributed by atoms with van der Waals surface area (Å²) in [5.41, 5.74) is 2.35. The Hall–Kier alpha value is -0.680. The summed E-state index contributed by atoms with van der Waals surface area (Å²) in [5, 5.41) is 6.53. The minimum atomic E-state index is 0.207. The molecule has 3 rings (SSSR count). The molecule has 0 bridgehead atoms. The fourth-order valence-corrected chi connectivity index (χ4v) is 3.23. The van der Waals surface area contributed by atoms with Crippen LogP contribution in [0.1, 0.15) is 23.7 Å². The normalized spacial score (nSPS) is 25.6. The number of H-pyrrole nitrogens is 1. The highest BCUT2D eigenvalue weighted by Crippen LogP contribution is 2.26. The van der Waals surface area contributed by atoms with E-state index in [-0.39, 0.29) is 5.56 Å². The first-order valence-electron chi connectivity index (χ1n) is 4.97. The number of aromatic amines is 1. The van der Waals surface area contributed by atoms with E-state index in [1.54, 1.807) is 0 Å². The van der Waals surface area contributed by atoms with E-state index < -0.39 is 0 Å². The molecule has 1 atom stereocenters. The number of aromatic nitrogens is 2. The fourth-order valence-electron chi connectivity index (χ4n) is 2.18. The minimum Gasteiger partial charge on any atom is -0.315 e. The maximum absolute atomic E-state index is 11.9. The Labute approximate surface area is 86.1 Å². The molecule has 0 radical (unpaired) electrons. The van der Waals surface area contributed by atoms with Gasteiger partial charge in [-0.1, -0.05) is 0 Å². The van der Waals surface area contributed by atoms with Crippen molar-refractivity contribution in [3.05, 3.63) is 21.6 Å². The van der Waals surface area contributed by atoms with Crippen LogP contribution in [0.4, 0.5) is 0 Å². The Morgan fingerprint density at radius 2 is 2.36 bits per heavy atom. The third-order valence-electron chi connectivity index (χ3n) is 2.99. The summed E-state index contributed by atoms with van der Waals surface area (Å²) in [6.45, 7) is 1.95. The molecule has 3 heterocycles. The van der Waals surface area contributed by atoms with Crippen LogP contribution in [0.2, 0.25) is 0 Å². The van der Waals surface area contributed by atoms with E-state index in [0.717, 1.165) is 42.3 Å². The highest BCUT2D eigenvalue weighted by atomic mass is 32.2. The fraction of sp³-hybridized carbons (Fsp3) is 0.667. The Morgan fingerprint density at radius 1 is 1.43 bits per heavy atom. The zero-order valence-electron chi connectivity index (χ0n) is 7.88. The summed E-state index contributed by atoms with van der Waals surface area (Å²) in [6.07, 6.45) is 1.06. The van der Waals surface area contributed by atoms with Crippen LogP contribution in [0.5, 0.6) is 0 Å². The molecule has 1 saturated heterocycles. The molecule has 76 valence electrons. The van der Waals surface area contributed by atoms with E-state index >= 15 is 0 Å². The lowest BCUT2D eigenvalue weighted by atomic mass is 10.2. The maximum atomic E-state index is 11.9. The average Bonchev–Trinajstić information content (AvgIpc) is 2.84. The molecule has 0 amide bonds. The molecule has 0 spiro atoms. The standard InChI is InChI=1S/C9H13N3OS/c13-9-7-4-14-5-8(7)11-12(9)6-1-2-10-3-6/h6,10-11H,1-5H2. The Kier molecular flexibility index (Phi) is 1.95. The van der Waals surface area contributed by atoms with Crippen LogP contribution < -0.4 is 10.9 Å². The lowest BCUT2D eigenvalue weighted by Gasteiger charge is -2.08. The SMILES string of the molecule is O=c1c2c([nH]n1C1CCNC1)CSC2. The van der Waals surface area contributed by atoms with E-state index in [9.17, 15) is 4.79 Å². The molecule has 1 aromatic rings. The summed E-state index contributed by atoms with van der Waals surface area (Å²) in [7, 11) is 0. The first kappa shape index (κ1) is 8.61. The van der Waals surface area contributed by atoms with Gasteiger partial charge in [-0.3, -0.25) is 9.89 Å². The molecular formula is C9H13N3OS. The molecule has 2 N–H and O–H groups in total. The van der Waals surface area contributed by atoms with E-state index in [1.807, 2.05) is 16.4 Å². The zero-order chi connectivity index (χ0) is 9.54. The largest absolute Gasteiger partial charge is 0.315 e. The van der Waals surface area contributed by atoms with Gasteiger partial charge in [0.15, 0.2) is 0 Å². The number of rotatable bonds is 1. The predicted octanol–water partition coefficient (Wildman–Crippen LogP) is 0.458. The zero-order valence-corrected chi connectivity index (χ0v) is 8.69. The van der Waals surface area contributed by atoms with Crippen molar-refractivity contribution in [3.8, 4) is 0 Å². The van der Waals surface area contributed by atoms with Gasteiger partial charge in [-0.15, -0.1) is 0 Å². The highest BCUT2D eigenvalue weighted by molar-refractivity contribution is 7.98. The molecule has 0 aliphatic carbocycles. The molecule has 14 heavy (non-hydrogen) atoms. The van der Waals surface area contributed by atoms with E-state index in [4.69, 9.17) is 0 Å². The molecular weight excluding hydrogens is 198 g/mol. The number of nitrogens with zero attached hydrogens (tertiary/aromatic N) is 1. The number of fused-ring (bicyclic) bond motifs is 1. The van der Waals surface area contributed by atoms with Crippen molar-refractivity contribution in [1.82, 2.24) is 15.1 Å². The predicted molar refractivity (Wildman–Crippen MR) is 56.6 cm³/mol. The third-order valence-corrected chi connectivity index (χ3v) is 3.97. The number of thioether (sulfide) groups is 1. The van der Waals surface area contributed by atoms with Gasteiger partial charge >= 0.3 is 0 Å². The van der Waals surface area contributed by atoms with Crippen LogP contribution in [0.15, 0.2) is 4.79 Å². The quantitative estimate of drug-likeness (QED) is 0.709. The summed E-state index contributed by atoms with van der Waals surface area (Å²) in [5.74, 6) is 1.86. The van der Waals surface area contributed by atoms with Gasteiger partial charge in [0.2, 0.25) is 0 Å². The topological polar surface area (TPSA) is 49.8 Å². The summed E-state index contributed by atoms with van der Waals surface area (Å²) < 4.78 is 1.82. The monoisotopic (exact) mass is 211 g/mol. The number of nitrogens with one attached hydrogen (secondary N) is 2. The van der Waals surface area contributed by atoms with Crippen LogP contribution in [0, 0.1) is 0 Å². The van der Waals surface area contributed by atoms with Gasteiger partial charge in [-0.25, -0.2) is 4.68 Å². The molecule has 0 saturated carbocycles. The molecule has 0 aromatic carbocycles. The van der Waals surface area contributed by atoms with Crippen LogP contribution in [-0.2, 0) is 11.5 Å². The Bertz CT molecular complexity index is 403. The lowest BCUT2D eigenvalue weighted by molar-refractivity contribution is 0.474. The molecule has 4 nitrogen and oxygen atoms in total. The maximum Gasteiger partial charge on any atom is 0.271 e. The van der Waals surface area contributed by atoms with Gasteiger partial charge in [-0.2, -0.15) is 11.8 Å². The molecule has 5 heteroatoms.